The number of methoxy groups -OCH3 is 1. The summed E-state index contributed by atoms with van der Waals surface area (Å²) >= 11 is 0. The Morgan fingerprint density at radius 2 is 2.17 bits per heavy atom. The molecule has 1 heterocycles. The monoisotopic (exact) mass is 321 g/mol. The van der Waals surface area contributed by atoms with E-state index in [1.165, 1.54) is 0 Å². The number of hydrogen-bond acceptors (Lipinski definition) is 4. The second kappa shape index (κ2) is 8.53. The first kappa shape index (κ1) is 17.3. The number of carboxylic acids is 1. The number of carbonyl (C=O) groups is 2. The smallest absolute Gasteiger partial charge is 0.305 e. The lowest BCUT2D eigenvalue weighted by molar-refractivity contribution is -0.139. The highest BCUT2D eigenvalue weighted by Crippen LogP contribution is 2.20. The van der Waals surface area contributed by atoms with Gasteiger partial charge in [-0.15, -0.1) is 0 Å². The molecule has 0 aromatic heterocycles. The second-order valence-corrected chi connectivity index (χ2v) is 5.61. The molecule has 0 spiro atoms. The number of nitrogens with zero attached hydrogens (tertiary/aromatic N) is 1. The Kier molecular flexibility index (Phi) is 6.40. The van der Waals surface area contributed by atoms with Gasteiger partial charge in [0.1, 0.15) is 5.75 Å². The molecule has 1 amide bonds. The maximum Gasteiger partial charge on any atom is 0.305 e. The molecule has 0 radical (unpaired) electrons. The van der Waals surface area contributed by atoms with Crippen molar-refractivity contribution >= 4 is 11.9 Å². The molecule has 1 aliphatic heterocycles. The van der Waals surface area contributed by atoms with E-state index in [1.54, 1.807) is 12.0 Å². The zero-order valence-electron chi connectivity index (χ0n) is 13.4. The summed E-state index contributed by atoms with van der Waals surface area (Å²) in [6.45, 7) is 1.35. The summed E-state index contributed by atoms with van der Waals surface area (Å²) < 4.78 is 10.8. The number of aliphatic carboxylic acids is 1. The van der Waals surface area contributed by atoms with Gasteiger partial charge in [-0.1, -0.05) is 18.2 Å². The van der Waals surface area contributed by atoms with Gasteiger partial charge < -0.3 is 19.5 Å². The number of para-hydroxylation sites is 1. The van der Waals surface area contributed by atoms with Gasteiger partial charge in [-0.05, 0) is 18.9 Å². The molecule has 2 rings (SSSR count). The van der Waals surface area contributed by atoms with Crippen molar-refractivity contribution in [2.75, 3.05) is 26.8 Å². The number of hydrogen-bond donors (Lipinski definition) is 1. The van der Waals surface area contributed by atoms with Gasteiger partial charge in [-0.25, -0.2) is 0 Å². The van der Waals surface area contributed by atoms with Gasteiger partial charge >= 0.3 is 5.97 Å². The van der Waals surface area contributed by atoms with Crippen molar-refractivity contribution in [1.29, 1.82) is 0 Å². The Bertz CT molecular complexity index is 540. The lowest BCUT2D eigenvalue weighted by atomic mass is 10.1. The van der Waals surface area contributed by atoms with Crippen molar-refractivity contribution in [2.45, 2.75) is 31.8 Å². The molecule has 1 aliphatic rings. The van der Waals surface area contributed by atoms with Crippen molar-refractivity contribution in [1.82, 2.24) is 4.90 Å². The fourth-order valence-corrected chi connectivity index (χ4v) is 2.71. The van der Waals surface area contributed by atoms with Gasteiger partial charge in [0.15, 0.2) is 0 Å². The molecule has 0 bridgehead atoms. The largest absolute Gasteiger partial charge is 0.496 e. The van der Waals surface area contributed by atoms with Crippen LogP contribution in [0, 0.1) is 0 Å². The SMILES string of the molecule is COc1ccccc1CC(=O)N(CCC(=O)O)C[C@H]1CCCO1. The van der Waals surface area contributed by atoms with Crippen LogP contribution in [-0.4, -0.2) is 54.8 Å². The number of carbonyl (C=O) groups excluding carboxylic acids is 1. The Balaban J connectivity index is 2.03. The first-order valence-corrected chi connectivity index (χ1v) is 7.83. The van der Waals surface area contributed by atoms with Crippen LogP contribution < -0.4 is 4.74 Å². The average molecular weight is 321 g/mol. The first-order valence-electron chi connectivity index (χ1n) is 7.83. The zero-order valence-corrected chi connectivity index (χ0v) is 13.4. The molecule has 126 valence electrons. The summed E-state index contributed by atoms with van der Waals surface area (Å²) in [6.07, 6.45) is 2.02. The normalized spacial score (nSPS) is 17.0. The van der Waals surface area contributed by atoms with Crippen LogP contribution in [0.5, 0.6) is 5.75 Å². The number of rotatable bonds is 8. The predicted molar refractivity (Wildman–Crippen MR) is 84.5 cm³/mol. The third-order valence-electron chi connectivity index (χ3n) is 3.93. The zero-order chi connectivity index (χ0) is 16.7. The van der Waals surface area contributed by atoms with E-state index in [-0.39, 0.29) is 31.4 Å². The molecule has 0 aliphatic carbocycles. The molecule has 0 unspecified atom stereocenters. The minimum absolute atomic E-state index is 0.00501. The molecule has 1 aromatic carbocycles. The Labute approximate surface area is 136 Å². The van der Waals surface area contributed by atoms with Crippen LogP contribution in [0.3, 0.4) is 0 Å². The van der Waals surface area contributed by atoms with E-state index < -0.39 is 5.97 Å². The number of amides is 1. The summed E-state index contributed by atoms with van der Waals surface area (Å²) in [4.78, 5) is 25.0. The van der Waals surface area contributed by atoms with Crippen LogP contribution in [0.1, 0.15) is 24.8 Å². The van der Waals surface area contributed by atoms with Crippen molar-refractivity contribution in [3.8, 4) is 5.75 Å². The van der Waals surface area contributed by atoms with Gasteiger partial charge in [0.25, 0.3) is 0 Å². The maximum atomic E-state index is 12.6. The van der Waals surface area contributed by atoms with Gasteiger partial charge in [0.2, 0.25) is 5.91 Å². The molecule has 1 atom stereocenters. The molecule has 6 heteroatoms. The molecule has 1 fully saturated rings. The van der Waals surface area contributed by atoms with Gasteiger partial charge in [-0.2, -0.15) is 0 Å². The molecule has 0 saturated carbocycles. The number of carboxylic acid groups (broad SMARTS) is 1. The maximum absolute atomic E-state index is 12.6. The van der Waals surface area contributed by atoms with Crippen molar-refractivity contribution < 1.29 is 24.2 Å². The molecule has 1 saturated heterocycles. The Hall–Kier alpha value is -2.08. The first-order chi connectivity index (χ1) is 11.1. The summed E-state index contributed by atoms with van der Waals surface area (Å²) in [5.41, 5.74) is 0.799. The molecule has 6 nitrogen and oxygen atoms in total. The molecule has 1 N–H and O–H groups in total. The quantitative estimate of drug-likeness (QED) is 0.789. The highest BCUT2D eigenvalue weighted by atomic mass is 16.5. The highest BCUT2D eigenvalue weighted by molar-refractivity contribution is 5.80. The van der Waals surface area contributed by atoms with E-state index in [0.29, 0.717) is 18.9 Å². The molecule has 23 heavy (non-hydrogen) atoms. The Morgan fingerprint density at radius 1 is 1.39 bits per heavy atom. The van der Waals surface area contributed by atoms with Gasteiger partial charge in [0.05, 0.1) is 26.1 Å². The minimum Gasteiger partial charge on any atom is -0.496 e. The van der Waals surface area contributed by atoms with E-state index in [2.05, 4.69) is 0 Å². The topological polar surface area (TPSA) is 76.1 Å². The van der Waals surface area contributed by atoms with Crippen LogP contribution in [0.4, 0.5) is 0 Å². The fourth-order valence-electron chi connectivity index (χ4n) is 2.71. The molecular formula is C17H23NO5. The van der Waals surface area contributed by atoms with Crippen molar-refractivity contribution in [2.24, 2.45) is 0 Å². The van der Waals surface area contributed by atoms with E-state index in [1.807, 2.05) is 24.3 Å². The van der Waals surface area contributed by atoms with E-state index in [9.17, 15) is 9.59 Å². The van der Waals surface area contributed by atoms with Crippen molar-refractivity contribution in [3.63, 3.8) is 0 Å². The minimum atomic E-state index is -0.910. The summed E-state index contributed by atoms with van der Waals surface area (Å²) in [7, 11) is 1.57. The summed E-state index contributed by atoms with van der Waals surface area (Å²) in [5.74, 6) is -0.352. The van der Waals surface area contributed by atoms with Gasteiger partial charge in [-0.3, -0.25) is 9.59 Å². The molecular weight excluding hydrogens is 298 g/mol. The van der Waals surface area contributed by atoms with E-state index >= 15 is 0 Å². The van der Waals surface area contributed by atoms with Crippen LogP contribution in [0.2, 0.25) is 0 Å². The standard InChI is InChI=1S/C17H23NO5/c1-22-15-7-3-2-5-13(15)11-16(19)18(9-8-17(20)21)12-14-6-4-10-23-14/h2-3,5,7,14H,4,6,8-12H2,1H3,(H,20,21)/t14-/m1/s1. The lowest BCUT2D eigenvalue weighted by Crippen LogP contribution is -2.39. The van der Waals surface area contributed by atoms with Crippen LogP contribution in [-0.2, 0) is 20.7 Å². The number of benzene rings is 1. The fraction of sp³-hybridized carbons (Fsp3) is 0.529. The Morgan fingerprint density at radius 3 is 2.83 bits per heavy atom. The second-order valence-electron chi connectivity index (χ2n) is 5.61. The average Bonchev–Trinajstić information content (AvgIpc) is 3.04. The predicted octanol–water partition coefficient (Wildman–Crippen LogP) is 1.72. The van der Waals surface area contributed by atoms with Gasteiger partial charge in [0, 0.05) is 25.3 Å². The third-order valence-corrected chi connectivity index (χ3v) is 3.93. The van der Waals surface area contributed by atoms with E-state index in [4.69, 9.17) is 14.6 Å². The third kappa shape index (κ3) is 5.25. The van der Waals surface area contributed by atoms with Crippen LogP contribution in [0.15, 0.2) is 24.3 Å². The summed E-state index contributed by atoms with van der Waals surface area (Å²) in [5, 5.41) is 8.89. The lowest BCUT2D eigenvalue weighted by Gasteiger charge is -2.25. The number of ether oxygens (including phenoxy) is 2. The van der Waals surface area contributed by atoms with E-state index in [0.717, 1.165) is 18.4 Å². The van der Waals surface area contributed by atoms with Crippen molar-refractivity contribution in [3.05, 3.63) is 29.8 Å². The van der Waals surface area contributed by atoms with Crippen LogP contribution in [0.25, 0.3) is 0 Å². The molecule has 1 aromatic rings. The summed E-state index contributed by atoms with van der Waals surface area (Å²) in [6, 6.07) is 7.36. The highest BCUT2D eigenvalue weighted by Gasteiger charge is 2.23. The van der Waals surface area contributed by atoms with Crippen LogP contribution >= 0.6 is 0 Å².